The Kier molecular flexibility index (Phi) is 8.06. The van der Waals surface area contributed by atoms with E-state index >= 15 is 0 Å². The van der Waals surface area contributed by atoms with Crippen LogP contribution in [0.1, 0.15) is 64.7 Å². The Labute approximate surface area is 106 Å². The van der Waals surface area contributed by atoms with Gasteiger partial charge < -0.3 is 10.6 Å². The van der Waals surface area contributed by atoms with Crippen LogP contribution in [0.25, 0.3) is 0 Å². The molecule has 2 N–H and O–H groups in total. The van der Waals surface area contributed by atoms with Gasteiger partial charge in [-0.25, -0.2) is 0 Å². The Morgan fingerprint density at radius 3 is 2.88 bits per heavy atom. The van der Waals surface area contributed by atoms with Crippen molar-refractivity contribution in [2.75, 3.05) is 13.1 Å². The molecule has 3 heteroatoms. The van der Waals surface area contributed by atoms with Gasteiger partial charge in [0.15, 0.2) is 0 Å². The van der Waals surface area contributed by atoms with Crippen molar-refractivity contribution in [2.45, 2.75) is 70.8 Å². The van der Waals surface area contributed by atoms with Crippen LogP contribution in [0.5, 0.6) is 0 Å². The van der Waals surface area contributed by atoms with Gasteiger partial charge in [-0.3, -0.25) is 4.79 Å². The lowest BCUT2D eigenvalue weighted by molar-refractivity contribution is -0.121. The molecule has 1 unspecified atom stereocenters. The zero-order valence-electron chi connectivity index (χ0n) is 11.3. The fourth-order valence-corrected chi connectivity index (χ4v) is 2.36. The molecule has 0 aromatic rings. The summed E-state index contributed by atoms with van der Waals surface area (Å²) >= 11 is 0. The van der Waals surface area contributed by atoms with Crippen molar-refractivity contribution in [3.8, 4) is 0 Å². The maximum absolute atomic E-state index is 11.5. The third-order valence-electron chi connectivity index (χ3n) is 3.48. The predicted octanol–water partition coefficient (Wildman–Crippen LogP) is 2.61. The van der Waals surface area contributed by atoms with Crippen LogP contribution in [0.15, 0.2) is 0 Å². The predicted molar refractivity (Wildman–Crippen MR) is 72.0 cm³/mol. The summed E-state index contributed by atoms with van der Waals surface area (Å²) in [6.45, 7) is 4.18. The minimum atomic E-state index is 0.233. The Morgan fingerprint density at radius 1 is 1.29 bits per heavy atom. The number of rotatable bonds is 8. The van der Waals surface area contributed by atoms with Gasteiger partial charge in [-0.1, -0.05) is 32.6 Å². The standard InChI is InChI=1S/C14H28N2O/c1-2-3-4-5-9-14(17)16-12-10-13-8-6-7-11-15-13/h13,15H,2-12H2,1H3,(H,16,17). The average Bonchev–Trinajstić information content (AvgIpc) is 2.36. The number of hydrogen-bond acceptors (Lipinski definition) is 2. The molecule has 0 radical (unpaired) electrons. The molecule has 1 amide bonds. The van der Waals surface area contributed by atoms with E-state index in [1.165, 1.54) is 38.5 Å². The molecular weight excluding hydrogens is 212 g/mol. The molecule has 0 aromatic heterocycles. The SMILES string of the molecule is CCCCCCC(=O)NCCC1CCCCN1. The number of carbonyl (C=O) groups excluding carboxylic acids is 1. The van der Waals surface area contributed by atoms with E-state index in [-0.39, 0.29) is 5.91 Å². The Bertz CT molecular complexity index is 200. The van der Waals surface area contributed by atoms with Gasteiger partial charge in [0, 0.05) is 19.0 Å². The molecular formula is C14H28N2O. The Balaban J connectivity index is 1.92. The van der Waals surface area contributed by atoms with Crippen LogP contribution >= 0.6 is 0 Å². The summed E-state index contributed by atoms with van der Waals surface area (Å²) in [6.07, 6.45) is 10.4. The van der Waals surface area contributed by atoms with Crippen molar-refractivity contribution in [3.05, 3.63) is 0 Å². The third-order valence-corrected chi connectivity index (χ3v) is 3.48. The van der Waals surface area contributed by atoms with Crippen LogP contribution in [-0.2, 0) is 4.79 Å². The summed E-state index contributed by atoms with van der Waals surface area (Å²) in [5.74, 6) is 0.233. The van der Waals surface area contributed by atoms with Gasteiger partial charge in [-0.15, -0.1) is 0 Å². The van der Waals surface area contributed by atoms with Crippen molar-refractivity contribution in [1.29, 1.82) is 0 Å². The molecule has 1 heterocycles. The lowest BCUT2D eigenvalue weighted by Crippen LogP contribution is -2.37. The quantitative estimate of drug-likeness (QED) is 0.640. The van der Waals surface area contributed by atoms with Gasteiger partial charge in [-0.05, 0) is 32.2 Å². The molecule has 1 aliphatic rings. The molecule has 1 fully saturated rings. The van der Waals surface area contributed by atoms with Crippen LogP contribution in [0, 0.1) is 0 Å². The lowest BCUT2D eigenvalue weighted by atomic mass is 10.0. The van der Waals surface area contributed by atoms with Crippen LogP contribution in [0.4, 0.5) is 0 Å². The van der Waals surface area contributed by atoms with E-state index in [4.69, 9.17) is 0 Å². The Morgan fingerprint density at radius 2 is 2.18 bits per heavy atom. The minimum absolute atomic E-state index is 0.233. The van der Waals surface area contributed by atoms with Gasteiger partial charge in [0.2, 0.25) is 5.91 Å². The first-order valence-electron chi connectivity index (χ1n) is 7.33. The third kappa shape index (κ3) is 7.37. The summed E-state index contributed by atoms with van der Waals surface area (Å²) in [5.41, 5.74) is 0. The highest BCUT2D eigenvalue weighted by Crippen LogP contribution is 2.09. The molecule has 0 spiro atoms. The van der Waals surface area contributed by atoms with E-state index < -0.39 is 0 Å². The van der Waals surface area contributed by atoms with Crippen molar-refractivity contribution in [1.82, 2.24) is 10.6 Å². The van der Waals surface area contributed by atoms with Gasteiger partial charge in [0.25, 0.3) is 0 Å². The van der Waals surface area contributed by atoms with Crippen molar-refractivity contribution >= 4 is 5.91 Å². The molecule has 0 aromatic carbocycles. The molecule has 100 valence electrons. The van der Waals surface area contributed by atoms with Crippen LogP contribution < -0.4 is 10.6 Å². The largest absolute Gasteiger partial charge is 0.356 e. The fraction of sp³-hybridized carbons (Fsp3) is 0.929. The average molecular weight is 240 g/mol. The summed E-state index contributed by atoms with van der Waals surface area (Å²) in [7, 11) is 0. The maximum atomic E-state index is 11.5. The van der Waals surface area contributed by atoms with E-state index in [1.54, 1.807) is 0 Å². The van der Waals surface area contributed by atoms with Crippen molar-refractivity contribution in [3.63, 3.8) is 0 Å². The molecule has 3 nitrogen and oxygen atoms in total. The highest BCUT2D eigenvalue weighted by molar-refractivity contribution is 5.75. The maximum Gasteiger partial charge on any atom is 0.219 e. The molecule has 1 saturated heterocycles. The Hall–Kier alpha value is -0.570. The first-order chi connectivity index (χ1) is 8.33. The fourth-order valence-electron chi connectivity index (χ4n) is 2.36. The van der Waals surface area contributed by atoms with Gasteiger partial charge in [0.1, 0.15) is 0 Å². The van der Waals surface area contributed by atoms with E-state index in [2.05, 4.69) is 17.6 Å². The second-order valence-electron chi connectivity index (χ2n) is 5.10. The number of hydrogen-bond donors (Lipinski definition) is 2. The van der Waals surface area contributed by atoms with Gasteiger partial charge in [-0.2, -0.15) is 0 Å². The smallest absolute Gasteiger partial charge is 0.219 e. The second kappa shape index (κ2) is 9.46. The molecule has 1 atom stereocenters. The first-order valence-corrected chi connectivity index (χ1v) is 7.33. The highest BCUT2D eigenvalue weighted by atomic mass is 16.1. The van der Waals surface area contributed by atoms with Crippen LogP contribution in [-0.4, -0.2) is 25.0 Å². The summed E-state index contributed by atoms with van der Waals surface area (Å²) < 4.78 is 0. The summed E-state index contributed by atoms with van der Waals surface area (Å²) in [4.78, 5) is 11.5. The number of nitrogens with one attached hydrogen (secondary N) is 2. The number of piperidine rings is 1. The topological polar surface area (TPSA) is 41.1 Å². The highest BCUT2D eigenvalue weighted by Gasteiger charge is 2.12. The molecule has 17 heavy (non-hydrogen) atoms. The van der Waals surface area contributed by atoms with Crippen molar-refractivity contribution < 1.29 is 4.79 Å². The summed E-state index contributed by atoms with van der Waals surface area (Å²) in [6, 6.07) is 0.629. The minimum Gasteiger partial charge on any atom is -0.356 e. The van der Waals surface area contributed by atoms with Crippen LogP contribution in [0.2, 0.25) is 0 Å². The molecule has 0 aliphatic carbocycles. The second-order valence-corrected chi connectivity index (χ2v) is 5.10. The first kappa shape index (κ1) is 14.5. The molecule has 1 rings (SSSR count). The number of unbranched alkanes of at least 4 members (excludes halogenated alkanes) is 3. The van der Waals surface area contributed by atoms with Gasteiger partial charge >= 0.3 is 0 Å². The monoisotopic (exact) mass is 240 g/mol. The summed E-state index contributed by atoms with van der Waals surface area (Å²) in [5, 5.41) is 6.53. The molecule has 1 aliphatic heterocycles. The van der Waals surface area contributed by atoms with Crippen LogP contribution in [0.3, 0.4) is 0 Å². The van der Waals surface area contributed by atoms with E-state index in [9.17, 15) is 4.79 Å². The molecule has 0 bridgehead atoms. The van der Waals surface area contributed by atoms with Gasteiger partial charge in [0.05, 0.1) is 0 Å². The number of amides is 1. The number of carbonyl (C=O) groups is 1. The van der Waals surface area contributed by atoms with Crippen molar-refractivity contribution in [2.24, 2.45) is 0 Å². The zero-order valence-corrected chi connectivity index (χ0v) is 11.3. The lowest BCUT2D eigenvalue weighted by Gasteiger charge is -2.23. The van der Waals surface area contributed by atoms with E-state index in [0.717, 1.165) is 25.9 Å². The molecule has 0 saturated carbocycles. The van der Waals surface area contributed by atoms with E-state index in [1.807, 2.05) is 0 Å². The normalized spacial score (nSPS) is 20.2. The zero-order chi connectivity index (χ0) is 12.3. The van der Waals surface area contributed by atoms with E-state index in [0.29, 0.717) is 12.5 Å².